The van der Waals surface area contributed by atoms with E-state index in [9.17, 15) is 9.59 Å². The number of benzene rings is 1. The molecule has 5 nitrogen and oxygen atoms in total. The first-order chi connectivity index (χ1) is 9.16. The van der Waals surface area contributed by atoms with Gasteiger partial charge in [0.25, 0.3) is 0 Å². The van der Waals surface area contributed by atoms with E-state index in [0.717, 1.165) is 23.6 Å². The Kier molecular flexibility index (Phi) is 4.81. The highest BCUT2D eigenvalue weighted by atomic mass is 32.2. The number of thioether (sulfide) groups is 1. The van der Waals surface area contributed by atoms with Gasteiger partial charge in [-0.1, -0.05) is 12.1 Å². The van der Waals surface area contributed by atoms with E-state index in [1.54, 1.807) is 30.0 Å². The standard InChI is InChI=1S/C13H17N3O2S/c14-12(17)10-3-1-2-9(6-10)7-16-13(18)11-8-19-5-4-15-11/h1-3,6,11,15H,4-5,7-8H2,(H2,14,17)(H,16,18). The molecule has 6 heteroatoms. The molecule has 2 rings (SSSR count). The summed E-state index contributed by atoms with van der Waals surface area (Å²) in [5, 5.41) is 6.05. The average molecular weight is 279 g/mol. The molecule has 1 atom stereocenters. The first-order valence-corrected chi connectivity index (χ1v) is 7.30. The van der Waals surface area contributed by atoms with Crippen LogP contribution in [0.1, 0.15) is 15.9 Å². The molecule has 0 spiro atoms. The zero-order valence-corrected chi connectivity index (χ0v) is 11.3. The minimum atomic E-state index is -0.460. The molecule has 0 radical (unpaired) electrons. The minimum absolute atomic E-state index is 0.00308. The van der Waals surface area contributed by atoms with Gasteiger partial charge in [-0.3, -0.25) is 9.59 Å². The minimum Gasteiger partial charge on any atom is -0.366 e. The SMILES string of the molecule is NC(=O)c1cccc(CNC(=O)C2CSCCN2)c1. The largest absolute Gasteiger partial charge is 0.366 e. The predicted molar refractivity (Wildman–Crippen MR) is 75.9 cm³/mol. The molecular formula is C13H17N3O2S. The van der Waals surface area contributed by atoms with Crippen LogP contribution in [-0.2, 0) is 11.3 Å². The van der Waals surface area contributed by atoms with Gasteiger partial charge in [0.15, 0.2) is 0 Å². The predicted octanol–water partition coefficient (Wildman–Crippen LogP) is 0.107. The Morgan fingerprint density at radius 3 is 3.00 bits per heavy atom. The maximum atomic E-state index is 11.9. The van der Waals surface area contributed by atoms with Crippen molar-refractivity contribution in [3.05, 3.63) is 35.4 Å². The van der Waals surface area contributed by atoms with Crippen LogP contribution in [0.25, 0.3) is 0 Å². The zero-order chi connectivity index (χ0) is 13.7. The van der Waals surface area contributed by atoms with Crippen LogP contribution >= 0.6 is 11.8 Å². The van der Waals surface area contributed by atoms with Crippen LogP contribution in [0.3, 0.4) is 0 Å². The van der Waals surface area contributed by atoms with Crippen molar-refractivity contribution in [2.24, 2.45) is 5.73 Å². The van der Waals surface area contributed by atoms with Crippen LogP contribution in [0.2, 0.25) is 0 Å². The summed E-state index contributed by atoms with van der Waals surface area (Å²) < 4.78 is 0. The summed E-state index contributed by atoms with van der Waals surface area (Å²) in [7, 11) is 0. The van der Waals surface area contributed by atoms with Gasteiger partial charge in [0.1, 0.15) is 0 Å². The van der Waals surface area contributed by atoms with Crippen molar-refractivity contribution >= 4 is 23.6 Å². The van der Waals surface area contributed by atoms with Crippen LogP contribution < -0.4 is 16.4 Å². The fourth-order valence-electron chi connectivity index (χ4n) is 1.88. The lowest BCUT2D eigenvalue weighted by Gasteiger charge is -2.22. The molecule has 1 aliphatic rings. The van der Waals surface area contributed by atoms with Crippen molar-refractivity contribution in [1.29, 1.82) is 0 Å². The van der Waals surface area contributed by atoms with Crippen molar-refractivity contribution in [1.82, 2.24) is 10.6 Å². The maximum absolute atomic E-state index is 11.9. The Hall–Kier alpha value is -1.53. The molecule has 1 unspecified atom stereocenters. The van der Waals surface area contributed by atoms with E-state index in [-0.39, 0.29) is 11.9 Å². The van der Waals surface area contributed by atoms with E-state index in [1.165, 1.54) is 0 Å². The molecule has 2 amide bonds. The Morgan fingerprint density at radius 2 is 2.32 bits per heavy atom. The molecule has 19 heavy (non-hydrogen) atoms. The highest BCUT2D eigenvalue weighted by Gasteiger charge is 2.20. The van der Waals surface area contributed by atoms with Gasteiger partial charge in [-0.05, 0) is 17.7 Å². The molecule has 1 heterocycles. The third-order valence-electron chi connectivity index (χ3n) is 2.92. The van der Waals surface area contributed by atoms with Crippen LogP contribution in [0.4, 0.5) is 0 Å². The van der Waals surface area contributed by atoms with Gasteiger partial charge in [-0.2, -0.15) is 11.8 Å². The third-order valence-corrected chi connectivity index (χ3v) is 3.98. The lowest BCUT2D eigenvalue weighted by atomic mass is 10.1. The topological polar surface area (TPSA) is 84.2 Å². The van der Waals surface area contributed by atoms with Gasteiger partial charge in [0.2, 0.25) is 11.8 Å². The molecule has 0 aliphatic carbocycles. The molecule has 4 N–H and O–H groups in total. The number of nitrogens with two attached hydrogens (primary N) is 1. The molecule has 1 saturated heterocycles. The monoisotopic (exact) mass is 279 g/mol. The van der Waals surface area contributed by atoms with Crippen LogP contribution in [-0.4, -0.2) is 35.9 Å². The molecule has 0 aromatic heterocycles. The Labute approximate surface area is 116 Å². The lowest BCUT2D eigenvalue weighted by molar-refractivity contribution is -0.122. The van der Waals surface area contributed by atoms with E-state index in [2.05, 4.69) is 10.6 Å². The first kappa shape index (κ1) is 13.9. The molecule has 0 saturated carbocycles. The highest BCUT2D eigenvalue weighted by molar-refractivity contribution is 7.99. The number of hydrogen-bond acceptors (Lipinski definition) is 4. The van der Waals surface area contributed by atoms with Crippen molar-refractivity contribution in [2.45, 2.75) is 12.6 Å². The highest BCUT2D eigenvalue weighted by Crippen LogP contribution is 2.08. The number of carbonyl (C=O) groups is 2. The maximum Gasteiger partial charge on any atom is 0.248 e. The first-order valence-electron chi connectivity index (χ1n) is 6.14. The van der Waals surface area contributed by atoms with Crippen molar-refractivity contribution in [2.75, 3.05) is 18.1 Å². The average Bonchev–Trinajstić information content (AvgIpc) is 2.46. The van der Waals surface area contributed by atoms with E-state index >= 15 is 0 Å². The van der Waals surface area contributed by atoms with Crippen molar-refractivity contribution in [3.63, 3.8) is 0 Å². The summed E-state index contributed by atoms with van der Waals surface area (Å²) in [4.78, 5) is 23.0. The van der Waals surface area contributed by atoms with E-state index < -0.39 is 5.91 Å². The van der Waals surface area contributed by atoms with Crippen LogP contribution in [0.5, 0.6) is 0 Å². The van der Waals surface area contributed by atoms with E-state index in [0.29, 0.717) is 12.1 Å². The van der Waals surface area contributed by atoms with Gasteiger partial charge in [0.05, 0.1) is 6.04 Å². The molecule has 1 fully saturated rings. The molecular weight excluding hydrogens is 262 g/mol. The number of amides is 2. The second kappa shape index (κ2) is 6.58. The van der Waals surface area contributed by atoms with E-state index in [4.69, 9.17) is 5.73 Å². The molecule has 1 aliphatic heterocycles. The summed E-state index contributed by atoms with van der Waals surface area (Å²) in [6.07, 6.45) is 0. The fraction of sp³-hybridized carbons (Fsp3) is 0.385. The number of hydrogen-bond donors (Lipinski definition) is 3. The Balaban J connectivity index is 1.89. The van der Waals surface area contributed by atoms with Gasteiger partial charge < -0.3 is 16.4 Å². The van der Waals surface area contributed by atoms with E-state index in [1.807, 2.05) is 6.07 Å². The Bertz CT molecular complexity index is 473. The smallest absolute Gasteiger partial charge is 0.248 e. The molecule has 1 aromatic carbocycles. The number of primary amides is 1. The van der Waals surface area contributed by atoms with Crippen LogP contribution in [0.15, 0.2) is 24.3 Å². The van der Waals surface area contributed by atoms with Gasteiger partial charge >= 0.3 is 0 Å². The summed E-state index contributed by atoms with van der Waals surface area (Å²) in [5.41, 5.74) is 6.54. The zero-order valence-electron chi connectivity index (χ0n) is 10.5. The Morgan fingerprint density at radius 1 is 1.47 bits per heavy atom. The molecule has 1 aromatic rings. The fourth-order valence-corrected chi connectivity index (χ4v) is 2.81. The normalized spacial score (nSPS) is 18.8. The number of carbonyl (C=O) groups excluding carboxylic acids is 2. The second-order valence-electron chi connectivity index (χ2n) is 4.36. The second-order valence-corrected chi connectivity index (χ2v) is 5.51. The lowest BCUT2D eigenvalue weighted by Crippen LogP contribution is -2.48. The van der Waals surface area contributed by atoms with Gasteiger partial charge in [0, 0.05) is 30.2 Å². The number of nitrogens with one attached hydrogen (secondary N) is 2. The molecule has 0 bridgehead atoms. The van der Waals surface area contributed by atoms with Crippen molar-refractivity contribution in [3.8, 4) is 0 Å². The summed E-state index contributed by atoms with van der Waals surface area (Å²) in [6, 6.07) is 6.85. The van der Waals surface area contributed by atoms with Gasteiger partial charge in [-0.15, -0.1) is 0 Å². The third kappa shape index (κ3) is 3.97. The summed E-state index contributed by atoms with van der Waals surface area (Å²) >= 11 is 1.77. The van der Waals surface area contributed by atoms with Crippen LogP contribution in [0, 0.1) is 0 Å². The summed E-state index contributed by atoms with van der Waals surface area (Å²) in [5.74, 6) is 1.38. The molecule has 102 valence electrons. The summed E-state index contributed by atoms with van der Waals surface area (Å²) in [6.45, 7) is 1.27. The van der Waals surface area contributed by atoms with Crippen molar-refractivity contribution < 1.29 is 9.59 Å². The quantitative estimate of drug-likeness (QED) is 0.730. The number of rotatable bonds is 4. The van der Waals surface area contributed by atoms with Gasteiger partial charge in [-0.25, -0.2) is 0 Å².